The van der Waals surface area contributed by atoms with Crippen molar-refractivity contribution in [1.29, 1.82) is 0 Å². The van der Waals surface area contributed by atoms with Crippen LogP contribution in [0.3, 0.4) is 0 Å². The Morgan fingerprint density at radius 3 is 2.68 bits per heavy atom. The molecular weight excluding hydrogens is 266 g/mol. The number of halogens is 1. The van der Waals surface area contributed by atoms with Gasteiger partial charge >= 0.3 is 0 Å². The van der Waals surface area contributed by atoms with E-state index >= 15 is 0 Å². The van der Waals surface area contributed by atoms with Crippen molar-refractivity contribution >= 4 is 16.8 Å². The Balaban J connectivity index is 2.13. The monoisotopic (exact) mass is 277 g/mol. The van der Waals surface area contributed by atoms with E-state index in [1.54, 1.807) is 0 Å². The highest BCUT2D eigenvalue weighted by molar-refractivity contribution is 6.68. The Kier molecular flexibility index (Phi) is 4.36. The summed E-state index contributed by atoms with van der Waals surface area (Å²) in [5.41, 5.74) is 1.21. The standard InChI is InChI=1S/C14H12ClNO3/c1-18-14-12(13(15)17)7-11(8-16-14)19-9-10-5-3-2-4-6-10/h2-8H,9H2,1H3. The van der Waals surface area contributed by atoms with Gasteiger partial charge in [0.1, 0.15) is 12.4 Å². The fourth-order valence-corrected chi connectivity index (χ4v) is 1.69. The molecule has 0 aliphatic carbocycles. The lowest BCUT2D eigenvalue weighted by Gasteiger charge is -2.08. The molecule has 0 spiro atoms. The Bertz CT molecular complexity index is 572. The van der Waals surface area contributed by atoms with Gasteiger partial charge in [-0.05, 0) is 23.2 Å². The normalized spacial score (nSPS) is 10.0. The number of ether oxygens (including phenoxy) is 2. The third kappa shape index (κ3) is 3.45. The summed E-state index contributed by atoms with van der Waals surface area (Å²) >= 11 is 5.46. The van der Waals surface area contributed by atoms with Crippen LogP contribution in [0.1, 0.15) is 15.9 Å². The fourth-order valence-electron chi connectivity index (χ4n) is 1.56. The van der Waals surface area contributed by atoms with E-state index in [0.717, 1.165) is 5.56 Å². The van der Waals surface area contributed by atoms with Crippen LogP contribution in [0.5, 0.6) is 11.6 Å². The summed E-state index contributed by atoms with van der Waals surface area (Å²) in [6, 6.07) is 11.2. The molecule has 0 aliphatic rings. The first-order valence-corrected chi connectivity index (χ1v) is 5.99. The minimum absolute atomic E-state index is 0.187. The molecule has 0 atom stereocenters. The summed E-state index contributed by atoms with van der Waals surface area (Å²) in [5.74, 6) is 0.653. The van der Waals surface area contributed by atoms with Crippen molar-refractivity contribution in [3.05, 3.63) is 53.7 Å². The van der Waals surface area contributed by atoms with Crippen LogP contribution in [-0.2, 0) is 6.61 Å². The number of hydrogen-bond donors (Lipinski definition) is 0. The zero-order chi connectivity index (χ0) is 13.7. The molecule has 0 bridgehead atoms. The van der Waals surface area contributed by atoms with E-state index in [1.807, 2.05) is 30.3 Å². The van der Waals surface area contributed by atoms with E-state index in [-0.39, 0.29) is 11.4 Å². The Morgan fingerprint density at radius 2 is 2.05 bits per heavy atom. The molecular formula is C14H12ClNO3. The van der Waals surface area contributed by atoms with Gasteiger partial charge in [0, 0.05) is 0 Å². The molecule has 4 nitrogen and oxygen atoms in total. The quantitative estimate of drug-likeness (QED) is 0.788. The molecule has 0 amide bonds. The molecule has 19 heavy (non-hydrogen) atoms. The van der Waals surface area contributed by atoms with E-state index in [1.165, 1.54) is 19.4 Å². The number of hydrogen-bond acceptors (Lipinski definition) is 4. The van der Waals surface area contributed by atoms with Crippen molar-refractivity contribution in [2.75, 3.05) is 7.11 Å². The van der Waals surface area contributed by atoms with Crippen LogP contribution in [-0.4, -0.2) is 17.3 Å². The minimum Gasteiger partial charge on any atom is -0.487 e. The van der Waals surface area contributed by atoms with Gasteiger partial charge in [0.25, 0.3) is 5.24 Å². The lowest BCUT2D eigenvalue weighted by Crippen LogP contribution is -2.01. The van der Waals surface area contributed by atoms with Crippen molar-refractivity contribution < 1.29 is 14.3 Å². The average Bonchev–Trinajstić information content (AvgIpc) is 2.46. The molecule has 1 aromatic heterocycles. The van der Waals surface area contributed by atoms with Crippen molar-refractivity contribution in [2.24, 2.45) is 0 Å². The van der Waals surface area contributed by atoms with E-state index < -0.39 is 5.24 Å². The molecule has 1 heterocycles. The van der Waals surface area contributed by atoms with E-state index in [2.05, 4.69) is 4.98 Å². The maximum absolute atomic E-state index is 11.2. The Hall–Kier alpha value is -2.07. The van der Waals surface area contributed by atoms with E-state index in [4.69, 9.17) is 21.1 Å². The summed E-state index contributed by atoms with van der Waals surface area (Å²) in [4.78, 5) is 15.2. The van der Waals surface area contributed by atoms with Crippen molar-refractivity contribution in [3.8, 4) is 11.6 Å². The molecule has 0 saturated carbocycles. The molecule has 2 rings (SSSR count). The van der Waals surface area contributed by atoms with Gasteiger partial charge in [-0.1, -0.05) is 30.3 Å². The number of rotatable bonds is 5. The van der Waals surface area contributed by atoms with E-state index in [9.17, 15) is 4.79 Å². The molecule has 0 radical (unpaired) electrons. The van der Waals surface area contributed by atoms with Gasteiger partial charge in [0.05, 0.1) is 18.9 Å². The highest BCUT2D eigenvalue weighted by atomic mass is 35.5. The van der Waals surface area contributed by atoms with Crippen molar-refractivity contribution in [3.63, 3.8) is 0 Å². The second-order valence-corrected chi connectivity index (χ2v) is 4.12. The number of aromatic nitrogens is 1. The number of nitrogens with zero attached hydrogens (tertiary/aromatic N) is 1. The zero-order valence-electron chi connectivity index (χ0n) is 10.3. The summed E-state index contributed by atoms with van der Waals surface area (Å²) in [6.45, 7) is 0.394. The predicted molar refractivity (Wildman–Crippen MR) is 71.7 cm³/mol. The average molecular weight is 278 g/mol. The number of pyridine rings is 1. The van der Waals surface area contributed by atoms with Gasteiger partial charge in [-0.2, -0.15) is 0 Å². The molecule has 2 aromatic rings. The van der Waals surface area contributed by atoms with Gasteiger partial charge in [0.2, 0.25) is 5.88 Å². The SMILES string of the molecule is COc1ncc(OCc2ccccc2)cc1C(=O)Cl. The number of carbonyl (C=O) groups excluding carboxylic acids is 1. The van der Waals surface area contributed by atoms with Crippen LogP contribution < -0.4 is 9.47 Å². The number of benzene rings is 1. The number of methoxy groups -OCH3 is 1. The second-order valence-electron chi connectivity index (χ2n) is 3.78. The minimum atomic E-state index is -0.630. The molecule has 0 N–H and O–H groups in total. The summed E-state index contributed by atoms with van der Waals surface area (Å²) in [5, 5.41) is -0.630. The first-order valence-electron chi connectivity index (χ1n) is 5.61. The maximum atomic E-state index is 11.2. The van der Waals surface area contributed by atoms with Crippen LogP contribution in [0.15, 0.2) is 42.6 Å². The largest absolute Gasteiger partial charge is 0.487 e. The van der Waals surface area contributed by atoms with Crippen LogP contribution in [0.2, 0.25) is 0 Å². The van der Waals surface area contributed by atoms with Gasteiger partial charge < -0.3 is 9.47 Å². The van der Waals surface area contributed by atoms with E-state index in [0.29, 0.717) is 12.4 Å². The topological polar surface area (TPSA) is 48.4 Å². The molecule has 0 saturated heterocycles. The lowest BCUT2D eigenvalue weighted by atomic mass is 10.2. The summed E-state index contributed by atoms with van der Waals surface area (Å²) in [6.07, 6.45) is 1.49. The van der Waals surface area contributed by atoms with Gasteiger partial charge in [0.15, 0.2) is 0 Å². The lowest BCUT2D eigenvalue weighted by molar-refractivity contribution is 0.107. The third-order valence-electron chi connectivity index (χ3n) is 2.48. The summed E-state index contributed by atoms with van der Waals surface area (Å²) in [7, 11) is 1.43. The predicted octanol–water partition coefficient (Wildman–Crippen LogP) is 3.05. The van der Waals surface area contributed by atoms with Crippen LogP contribution in [0, 0.1) is 0 Å². The summed E-state index contributed by atoms with van der Waals surface area (Å²) < 4.78 is 10.5. The van der Waals surface area contributed by atoms with Gasteiger partial charge in [-0.25, -0.2) is 4.98 Å². The van der Waals surface area contributed by atoms with Crippen molar-refractivity contribution in [1.82, 2.24) is 4.98 Å². The Morgan fingerprint density at radius 1 is 1.32 bits per heavy atom. The number of carbonyl (C=O) groups is 1. The third-order valence-corrected chi connectivity index (χ3v) is 2.68. The molecule has 0 fully saturated rings. The first-order chi connectivity index (χ1) is 9.20. The Labute approximate surface area is 115 Å². The molecule has 5 heteroatoms. The fraction of sp³-hybridized carbons (Fsp3) is 0.143. The van der Waals surface area contributed by atoms with Gasteiger partial charge in [-0.3, -0.25) is 4.79 Å². The van der Waals surface area contributed by atoms with Gasteiger partial charge in [-0.15, -0.1) is 0 Å². The first kappa shape index (κ1) is 13.4. The van der Waals surface area contributed by atoms with Crippen LogP contribution >= 0.6 is 11.6 Å². The molecule has 0 aliphatic heterocycles. The van der Waals surface area contributed by atoms with Crippen LogP contribution in [0.25, 0.3) is 0 Å². The molecule has 0 unspecified atom stereocenters. The molecule has 1 aromatic carbocycles. The molecule has 98 valence electrons. The highest BCUT2D eigenvalue weighted by Crippen LogP contribution is 2.23. The second kappa shape index (κ2) is 6.20. The van der Waals surface area contributed by atoms with Crippen LogP contribution in [0.4, 0.5) is 0 Å². The smallest absolute Gasteiger partial charge is 0.257 e. The highest BCUT2D eigenvalue weighted by Gasteiger charge is 2.12. The maximum Gasteiger partial charge on any atom is 0.257 e. The zero-order valence-corrected chi connectivity index (χ0v) is 11.1. The van der Waals surface area contributed by atoms with Crippen molar-refractivity contribution in [2.45, 2.75) is 6.61 Å².